The highest BCUT2D eigenvalue weighted by Crippen LogP contribution is 2.43. The number of esters is 1. The number of benzene rings is 9. The molecule has 0 radical (unpaired) electrons. The van der Waals surface area contributed by atoms with Gasteiger partial charge in [0.1, 0.15) is 57.2 Å². The Labute approximate surface area is 593 Å². The van der Waals surface area contributed by atoms with Gasteiger partial charge < -0.3 is 35.5 Å². The lowest BCUT2D eigenvalue weighted by molar-refractivity contribution is -0.465. The number of halogens is 12. The van der Waals surface area contributed by atoms with Gasteiger partial charge >= 0.3 is 43.1 Å². The third-order valence-corrected chi connectivity index (χ3v) is 17.4. The Hall–Kier alpha value is -11.4. The van der Waals surface area contributed by atoms with Crippen LogP contribution in [0.15, 0.2) is 237 Å². The fourth-order valence-electron chi connectivity index (χ4n) is 11.0. The van der Waals surface area contributed by atoms with Gasteiger partial charge in [-0.2, -0.15) is 40.4 Å². The summed E-state index contributed by atoms with van der Waals surface area (Å²) in [6, 6.07) is 59.9. The number of amides is 4. The second-order valence-electron chi connectivity index (χ2n) is 23.6. The molecule has 2 saturated carbocycles. The quantitative estimate of drug-likeness (QED) is 0.00828. The molecule has 29 heteroatoms. The number of rotatable bonds is 24. The van der Waals surface area contributed by atoms with Crippen molar-refractivity contribution in [1.82, 2.24) is 21.3 Å². The molecule has 0 spiro atoms. The topological polar surface area (TPSA) is 235 Å². The fourth-order valence-corrected chi connectivity index (χ4v) is 12.0. The van der Waals surface area contributed by atoms with Gasteiger partial charge in [0.05, 0.1) is 18.2 Å². The zero-order valence-electron chi connectivity index (χ0n) is 54.9. The molecule has 11 rings (SSSR count). The highest BCUT2D eigenvalue weighted by Gasteiger charge is 2.56. The Morgan fingerprint density at radius 1 is 0.476 bits per heavy atom. The lowest BCUT2D eigenvalue weighted by atomic mass is 9.77. The molecule has 0 unspecified atom stereocenters. The number of nitriles is 1. The molecule has 2 atom stereocenters. The van der Waals surface area contributed by atoms with Crippen molar-refractivity contribution in [3.05, 3.63) is 293 Å². The minimum atomic E-state index is -4.97. The van der Waals surface area contributed by atoms with E-state index in [2.05, 4.69) is 89.0 Å². The standard InChI is InChI=1S/C35H26F6N3O3P.C29H24F6N2O5.C12H10.H2O3/c36-25-13-11-23(12-14-25)34(20-22-7-3-1-4-8-22,24-17-26(37)19-27(18-24)47-35(40,41)31(38)39)44-32(46)43-33(15-16-33)30(45)29(21-42)48-28-9-5-2-6-10-28;1-41-24(39)23(38)27(11-12-27)36-26(40)37-28(16-17-5-3-2-4-6-17,18-7-9-20(30)10-8-18)19-13-21(31)15-22(14-19)42-29(34,35)25(32)33;1-3-7-11(8-4-1)12-9-5-2-6-10-12;1-3-2/h1-14,17-19,31H,15-16,20H2,(H2,43,44,46);2-10,13-15,25H,11-12,16H2,1H3,(H2,36,37,40);1-10H;1-2H/t34-;28-;;/m11../s1. The number of nitrogens with zero attached hydrogens (tertiary/aromatic N) is 1. The van der Waals surface area contributed by atoms with Gasteiger partial charge in [-0.25, -0.2) is 42.5 Å². The van der Waals surface area contributed by atoms with E-state index in [9.17, 15) is 77.5 Å². The van der Waals surface area contributed by atoms with E-state index >= 15 is 4.39 Å². The number of hydrogen-bond acceptors (Lipinski definition) is 12. The summed E-state index contributed by atoms with van der Waals surface area (Å²) in [6.45, 7) is 0. The van der Waals surface area contributed by atoms with Gasteiger partial charge in [-0.3, -0.25) is 9.59 Å². The maximum absolute atomic E-state index is 15.1. The van der Waals surface area contributed by atoms with Gasteiger partial charge in [0.25, 0.3) is 5.78 Å². The van der Waals surface area contributed by atoms with Crippen LogP contribution in [-0.4, -0.2) is 88.7 Å². The largest absolute Gasteiger partial charge is 0.463 e. The Morgan fingerprint density at radius 3 is 1.13 bits per heavy atom. The smallest absolute Gasteiger partial charge is 0.461 e. The maximum atomic E-state index is 15.1. The second kappa shape index (κ2) is 35.2. The van der Waals surface area contributed by atoms with Crippen molar-refractivity contribution in [2.45, 2.75) is 85.7 Å². The lowest BCUT2D eigenvalue weighted by Crippen LogP contribution is -2.57. The van der Waals surface area contributed by atoms with Crippen molar-refractivity contribution in [1.29, 1.82) is 5.26 Å². The minimum absolute atomic E-state index is 0.108. The molecule has 2 fully saturated rings. The molecule has 2 aliphatic carbocycles. The lowest BCUT2D eigenvalue weighted by Gasteiger charge is -2.37. The molecule has 0 aliphatic heterocycles. The molecule has 9 aromatic carbocycles. The van der Waals surface area contributed by atoms with Crippen LogP contribution in [0.3, 0.4) is 0 Å². The summed E-state index contributed by atoms with van der Waals surface area (Å²) in [4.78, 5) is 65.3. The number of methoxy groups -OCH3 is 1. The summed E-state index contributed by atoms with van der Waals surface area (Å²) < 4.78 is 178. The third-order valence-electron chi connectivity index (χ3n) is 16.3. The van der Waals surface area contributed by atoms with Gasteiger partial charge in [0, 0.05) is 30.3 Å². The number of ketones is 2. The molecular weight excluding hydrogens is 1420 g/mol. The highest BCUT2D eigenvalue weighted by molar-refractivity contribution is 7.52. The summed E-state index contributed by atoms with van der Waals surface area (Å²) >= 11 is 0. The van der Waals surface area contributed by atoms with Gasteiger partial charge in [-0.05, 0) is 127 Å². The summed E-state index contributed by atoms with van der Waals surface area (Å²) in [5.41, 5.74) is -3.31. The zero-order valence-corrected chi connectivity index (χ0v) is 55.8. The molecule has 0 saturated heterocycles. The summed E-state index contributed by atoms with van der Waals surface area (Å²) in [7, 11) is 1.33. The first kappa shape index (κ1) is 79.3. The van der Waals surface area contributed by atoms with E-state index in [4.69, 9.17) is 10.5 Å². The first-order valence-electron chi connectivity index (χ1n) is 31.4. The summed E-state index contributed by atoms with van der Waals surface area (Å²) in [6.07, 6.45) is -18.2. The Kier molecular flexibility index (Phi) is 26.6. The second-order valence-corrected chi connectivity index (χ2v) is 24.8. The van der Waals surface area contributed by atoms with E-state index in [1.54, 1.807) is 91.0 Å². The van der Waals surface area contributed by atoms with Crippen LogP contribution in [0.5, 0.6) is 11.5 Å². The third kappa shape index (κ3) is 20.9. The Bertz CT molecular complexity index is 4480. The first-order valence-corrected chi connectivity index (χ1v) is 32.3. The molecule has 4 amide bonds. The van der Waals surface area contributed by atoms with Crippen LogP contribution in [0.25, 0.3) is 11.1 Å². The number of alkyl halides is 8. The van der Waals surface area contributed by atoms with E-state index < -0.39 is 112 Å². The van der Waals surface area contributed by atoms with E-state index in [1.165, 1.54) is 35.4 Å². The van der Waals surface area contributed by atoms with E-state index in [0.29, 0.717) is 36.8 Å². The first-order chi connectivity index (χ1) is 50.0. The van der Waals surface area contributed by atoms with Gasteiger partial charge in [0.15, 0.2) is 0 Å². The van der Waals surface area contributed by atoms with Crippen molar-refractivity contribution < 1.29 is 106 Å². The number of hydrogen-bond donors (Lipinski definition) is 6. The van der Waals surface area contributed by atoms with Crippen molar-refractivity contribution in [3.63, 3.8) is 0 Å². The maximum Gasteiger partial charge on any atom is 0.461 e. The number of ether oxygens (including phenoxy) is 3. The Balaban J connectivity index is 0.000000222. The van der Waals surface area contributed by atoms with E-state index in [1.807, 2.05) is 18.2 Å². The molecule has 546 valence electrons. The monoisotopic (exact) mass is 1480 g/mol. The molecule has 0 heterocycles. The number of urea groups is 2. The van der Waals surface area contributed by atoms with Crippen LogP contribution in [-0.2, 0) is 48.1 Å². The van der Waals surface area contributed by atoms with Crippen molar-refractivity contribution in [2.75, 3.05) is 7.11 Å². The summed E-state index contributed by atoms with van der Waals surface area (Å²) in [5, 5.41) is 36.4. The molecule has 0 bridgehead atoms. The van der Waals surface area contributed by atoms with Gasteiger partial charge in [-0.1, -0.05) is 181 Å². The average Bonchev–Trinajstić information content (AvgIpc) is 1.69. The van der Waals surface area contributed by atoms with Gasteiger partial charge in [-0.15, -0.1) is 0 Å². The van der Waals surface area contributed by atoms with Crippen LogP contribution < -0.4 is 36.0 Å². The predicted octanol–water partition coefficient (Wildman–Crippen LogP) is 15.6. The van der Waals surface area contributed by atoms with Crippen LogP contribution in [0.4, 0.5) is 62.3 Å². The molecule has 2 aliphatic rings. The normalized spacial score (nSPS) is 14.3. The van der Waals surface area contributed by atoms with Crippen LogP contribution in [0.2, 0.25) is 0 Å². The van der Waals surface area contributed by atoms with Gasteiger partial charge in [0.2, 0.25) is 5.78 Å². The van der Waals surface area contributed by atoms with Crippen LogP contribution >= 0.6 is 8.20 Å². The molecule has 16 nitrogen and oxygen atoms in total. The van der Waals surface area contributed by atoms with Crippen molar-refractivity contribution >= 4 is 48.4 Å². The molecule has 0 aromatic heterocycles. The molecule has 9 aromatic rings. The van der Waals surface area contributed by atoms with Crippen LogP contribution in [0, 0.1) is 34.6 Å². The van der Waals surface area contributed by atoms with Crippen molar-refractivity contribution in [3.8, 4) is 28.7 Å². The number of carbonyl (C=O) groups is 5. The fraction of sp³-hybridized carbons (Fsp3) is 0.197. The number of Topliss-reactive ketones (excluding diaryl/α,β-unsaturated/α-hetero) is 2. The SMILES string of the molecule is COC(=O)C(=O)C1(NC(=O)N[C@](Cc2ccccc2)(c2ccc(F)cc2)c2cc(F)cc(OC(F)(F)C(F)F)c2)CC1.N#CC(=Pc1ccccc1)C(=O)C1(NC(=O)N[C@](Cc2ccccc2)(c2ccc(F)cc2)c2cc(F)cc(OC(F)(F)C(F)F)c2)CC1.OOO.c1ccc(-c2ccccc2)cc1. The molecule has 105 heavy (non-hydrogen) atoms. The molecular formula is C76H62F12N5O11P. The van der Waals surface area contributed by atoms with E-state index in [-0.39, 0.29) is 66.1 Å². The Morgan fingerprint density at radius 2 is 0.810 bits per heavy atom. The zero-order chi connectivity index (χ0) is 76.2. The van der Waals surface area contributed by atoms with Crippen molar-refractivity contribution in [2.24, 2.45) is 0 Å². The predicted molar refractivity (Wildman–Crippen MR) is 362 cm³/mol. The summed E-state index contributed by atoms with van der Waals surface area (Å²) in [5.74, 6) is -8.38. The highest BCUT2D eigenvalue weighted by atomic mass is 31.1. The minimum Gasteiger partial charge on any atom is -0.463 e. The number of carbonyl (C=O) groups excluding carboxylic acids is 5. The number of nitrogens with one attached hydrogen (secondary N) is 4. The average molecular weight is 1480 g/mol. The van der Waals surface area contributed by atoms with Crippen LogP contribution in [0.1, 0.15) is 59.1 Å². The molecule has 6 N–H and O–H groups in total. The van der Waals surface area contributed by atoms with E-state index in [0.717, 1.165) is 55.6 Å².